The number of likely N-dealkylation sites (N-methyl/N-ethyl adjacent to an activating group) is 1. The van der Waals surface area contributed by atoms with Gasteiger partial charge < -0.3 is 20.6 Å². The van der Waals surface area contributed by atoms with Crippen LogP contribution in [-0.4, -0.2) is 49.2 Å². The van der Waals surface area contributed by atoms with E-state index in [0.717, 1.165) is 31.6 Å². The lowest BCUT2D eigenvalue weighted by molar-refractivity contribution is 0.0697. The van der Waals surface area contributed by atoms with Crippen LogP contribution < -0.4 is 10.6 Å². The van der Waals surface area contributed by atoms with Crippen LogP contribution in [0.5, 0.6) is 0 Å². The Kier molecular flexibility index (Phi) is 3.95. The van der Waals surface area contributed by atoms with E-state index in [-0.39, 0.29) is 0 Å². The second-order valence-corrected chi connectivity index (χ2v) is 5.33. The average molecular weight is 263 g/mol. The minimum absolute atomic E-state index is 0.291. The molecule has 104 valence electrons. The fourth-order valence-electron chi connectivity index (χ4n) is 2.69. The zero-order chi connectivity index (χ0) is 14.0. The van der Waals surface area contributed by atoms with Crippen molar-refractivity contribution in [2.75, 3.05) is 37.8 Å². The summed E-state index contributed by atoms with van der Waals surface area (Å²) in [4.78, 5) is 15.5. The molecule has 0 radical (unpaired) electrons. The van der Waals surface area contributed by atoms with E-state index in [1.165, 1.54) is 0 Å². The molecule has 1 aliphatic rings. The van der Waals surface area contributed by atoms with Crippen molar-refractivity contribution in [3.63, 3.8) is 0 Å². The Bertz CT molecular complexity index is 474. The fraction of sp³-hybridized carbons (Fsp3) is 0.500. The highest BCUT2D eigenvalue weighted by Crippen LogP contribution is 2.31. The average Bonchev–Trinajstić information content (AvgIpc) is 2.76. The van der Waals surface area contributed by atoms with Crippen LogP contribution in [-0.2, 0) is 0 Å². The topological polar surface area (TPSA) is 69.8 Å². The summed E-state index contributed by atoms with van der Waals surface area (Å²) < 4.78 is 0. The molecule has 0 amide bonds. The van der Waals surface area contributed by atoms with Crippen LogP contribution in [0, 0.1) is 0 Å². The number of carboxylic acid groups (broad SMARTS) is 1. The minimum Gasteiger partial charge on any atom is -0.478 e. The van der Waals surface area contributed by atoms with Gasteiger partial charge in [-0.3, -0.25) is 0 Å². The molecule has 2 rings (SSSR count). The molecule has 5 heteroatoms. The maximum Gasteiger partial charge on any atom is 0.335 e. The number of benzene rings is 1. The van der Waals surface area contributed by atoms with Crippen LogP contribution in [0.3, 0.4) is 0 Å². The molecule has 0 saturated carbocycles. The maximum atomic E-state index is 11.1. The highest BCUT2D eigenvalue weighted by atomic mass is 16.4. The van der Waals surface area contributed by atoms with Crippen LogP contribution in [0.1, 0.15) is 23.2 Å². The Labute approximate surface area is 113 Å². The first-order valence-electron chi connectivity index (χ1n) is 6.53. The Morgan fingerprint density at radius 3 is 2.89 bits per heavy atom. The van der Waals surface area contributed by atoms with Crippen molar-refractivity contribution in [1.29, 1.82) is 0 Å². The monoisotopic (exact) mass is 263 g/mol. The number of carboxylic acids is 1. The van der Waals surface area contributed by atoms with Crippen molar-refractivity contribution in [3.8, 4) is 0 Å². The molecule has 1 aromatic carbocycles. The zero-order valence-corrected chi connectivity index (χ0v) is 11.5. The van der Waals surface area contributed by atoms with Gasteiger partial charge in [-0.2, -0.15) is 0 Å². The van der Waals surface area contributed by atoms with Crippen molar-refractivity contribution in [2.24, 2.45) is 0 Å². The van der Waals surface area contributed by atoms with Crippen LogP contribution in [0.25, 0.3) is 0 Å². The van der Waals surface area contributed by atoms with E-state index in [9.17, 15) is 4.79 Å². The van der Waals surface area contributed by atoms with Crippen molar-refractivity contribution >= 4 is 17.3 Å². The molecule has 0 spiro atoms. The van der Waals surface area contributed by atoms with Gasteiger partial charge in [-0.15, -0.1) is 0 Å². The SMILES string of the molecule is CN(C)CC1CCCN1c1cc(C(=O)O)ccc1N. The number of carbonyl (C=O) groups is 1. The Morgan fingerprint density at radius 2 is 2.26 bits per heavy atom. The minimum atomic E-state index is -0.912. The van der Waals surface area contributed by atoms with E-state index >= 15 is 0 Å². The Balaban J connectivity index is 2.29. The van der Waals surface area contributed by atoms with Crippen LogP contribution in [0.2, 0.25) is 0 Å². The molecule has 1 saturated heterocycles. The normalized spacial score (nSPS) is 19.1. The number of aromatic carboxylic acids is 1. The molecule has 1 aromatic rings. The van der Waals surface area contributed by atoms with Crippen molar-refractivity contribution in [1.82, 2.24) is 4.90 Å². The van der Waals surface area contributed by atoms with Gasteiger partial charge in [0, 0.05) is 19.1 Å². The lowest BCUT2D eigenvalue weighted by Crippen LogP contribution is -2.38. The Morgan fingerprint density at radius 1 is 1.53 bits per heavy atom. The summed E-state index contributed by atoms with van der Waals surface area (Å²) in [5, 5.41) is 9.09. The van der Waals surface area contributed by atoms with Gasteiger partial charge in [0.25, 0.3) is 0 Å². The highest BCUT2D eigenvalue weighted by Gasteiger charge is 2.26. The molecular formula is C14H21N3O2. The molecule has 1 unspecified atom stereocenters. The van der Waals surface area contributed by atoms with E-state index in [1.807, 2.05) is 14.1 Å². The van der Waals surface area contributed by atoms with Gasteiger partial charge in [-0.05, 0) is 45.1 Å². The number of hydrogen-bond donors (Lipinski definition) is 2. The van der Waals surface area contributed by atoms with Gasteiger partial charge in [0.2, 0.25) is 0 Å². The molecule has 19 heavy (non-hydrogen) atoms. The summed E-state index contributed by atoms with van der Waals surface area (Å²) in [7, 11) is 4.10. The molecule has 1 fully saturated rings. The third kappa shape index (κ3) is 2.98. The quantitative estimate of drug-likeness (QED) is 0.806. The largest absolute Gasteiger partial charge is 0.478 e. The second-order valence-electron chi connectivity index (χ2n) is 5.33. The van der Waals surface area contributed by atoms with Crippen LogP contribution >= 0.6 is 0 Å². The molecule has 0 bridgehead atoms. The molecule has 1 heterocycles. The van der Waals surface area contributed by atoms with Crippen LogP contribution in [0.15, 0.2) is 18.2 Å². The van der Waals surface area contributed by atoms with Crippen molar-refractivity contribution in [2.45, 2.75) is 18.9 Å². The number of hydrogen-bond acceptors (Lipinski definition) is 4. The number of nitrogen functional groups attached to an aromatic ring is 1. The van der Waals surface area contributed by atoms with Gasteiger partial charge in [0.1, 0.15) is 0 Å². The summed E-state index contributed by atoms with van der Waals surface area (Å²) in [5.74, 6) is -0.912. The summed E-state index contributed by atoms with van der Waals surface area (Å²) in [5.41, 5.74) is 7.81. The van der Waals surface area contributed by atoms with Crippen LogP contribution in [0.4, 0.5) is 11.4 Å². The van der Waals surface area contributed by atoms with Gasteiger partial charge >= 0.3 is 5.97 Å². The number of nitrogens with two attached hydrogens (primary N) is 1. The standard InChI is InChI=1S/C14H21N3O2/c1-16(2)9-11-4-3-7-17(11)13-8-10(14(18)19)5-6-12(13)15/h5-6,8,11H,3-4,7,9,15H2,1-2H3,(H,18,19). The maximum absolute atomic E-state index is 11.1. The predicted octanol–water partition coefficient (Wildman–Crippen LogP) is 1.50. The summed E-state index contributed by atoms with van der Waals surface area (Å²) in [6.07, 6.45) is 2.24. The van der Waals surface area contributed by atoms with Gasteiger partial charge in [0.15, 0.2) is 0 Å². The first-order chi connectivity index (χ1) is 8.99. The fourth-order valence-corrected chi connectivity index (χ4v) is 2.69. The lowest BCUT2D eigenvalue weighted by atomic mass is 10.1. The molecule has 3 N–H and O–H groups in total. The van der Waals surface area contributed by atoms with Crippen molar-refractivity contribution in [3.05, 3.63) is 23.8 Å². The van der Waals surface area contributed by atoms with Gasteiger partial charge in [0.05, 0.1) is 16.9 Å². The summed E-state index contributed by atoms with van der Waals surface area (Å²) >= 11 is 0. The number of rotatable bonds is 4. The second kappa shape index (κ2) is 5.48. The van der Waals surface area contributed by atoms with Gasteiger partial charge in [-0.1, -0.05) is 0 Å². The Hall–Kier alpha value is -1.75. The zero-order valence-electron chi connectivity index (χ0n) is 11.5. The molecule has 0 aromatic heterocycles. The molecule has 1 aliphatic heterocycles. The van der Waals surface area contributed by atoms with E-state index in [4.69, 9.17) is 10.8 Å². The number of nitrogens with zero attached hydrogens (tertiary/aromatic N) is 2. The lowest BCUT2D eigenvalue weighted by Gasteiger charge is -2.30. The van der Waals surface area contributed by atoms with E-state index < -0.39 is 5.97 Å². The van der Waals surface area contributed by atoms with Gasteiger partial charge in [-0.25, -0.2) is 4.79 Å². The van der Waals surface area contributed by atoms with Crippen molar-refractivity contribution < 1.29 is 9.90 Å². The molecule has 1 atom stereocenters. The predicted molar refractivity (Wildman–Crippen MR) is 76.7 cm³/mol. The summed E-state index contributed by atoms with van der Waals surface area (Å²) in [6, 6.07) is 5.33. The first-order valence-corrected chi connectivity index (χ1v) is 6.53. The van der Waals surface area contributed by atoms with E-state index in [2.05, 4.69) is 9.80 Å². The third-order valence-electron chi connectivity index (χ3n) is 3.54. The smallest absolute Gasteiger partial charge is 0.335 e. The summed E-state index contributed by atoms with van der Waals surface area (Å²) in [6.45, 7) is 1.89. The first kappa shape index (κ1) is 13.7. The van der Waals surface area contributed by atoms with E-state index in [0.29, 0.717) is 17.3 Å². The molecular weight excluding hydrogens is 242 g/mol. The highest BCUT2D eigenvalue weighted by molar-refractivity contribution is 5.90. The molecule has 5 nitrogen and oxygen atoms in total. The third-order valence-corrected chi connectivity index (χ3v) is 3.54. The van der Waals surface area contributed by atoms with E-state index in [1.54, 1.807) is 18.2 Å². The molecule has 0 aliphatic carbocycles. The number of anilines is 2.